The van der Waals surface area contributed by atoms with Crippen LogP contribution in [0.4, 0.5) is 5.13 Å². The average Bonchev–Trinajstić information content (AvgIpc) is 3.01. The van der Waals surface area contributed by atoms with E-state index in [0.29, 0.717) is 36.6 Å². The number of aryl methyl sites for hydroxylation is 1. The maximum Gasteiger partial charge on any atom is 0.220 e. The van der Waals surface area contributed by atoms with Gasteiger partial charge < -0.3 is 20.9 Å². The maximum atomic E-state index is 12.4. The van der Waals surface area contributed by atoms with Crippen molar-refractivity contribution in [3.05, 3.63) is 35.1 Å². The molecule has 0 saturated heterocycles. The number of nitrogens with zero attached hydrogens (tertiary/aromatic N) is 2. The molecule has 0 radical (unpaired) electrons. The first-order valence-corrected chi connectivity index (χ1v) is 9.09. The van der Waals surface area contributed by atoms with Crippen LogP contribution in [0.5, 0.6) is 5.75 Å². The van der Waals surface area contributed by atoms with Crippen molar-refractivity contribution in [2.75, 3.05) is 12.8 Å². The van der Waals surface area contributed by atoms with Gasteiger partial charge in [0.15, 0.2) is 5.13 Å². The predicted octanol–water partition coefficient (Wildman–Crippen LogP) is 1.69. The molecule has 134 valence electrons. The van der Waals surface area contributed by atoms with Gasteiger partial charge in [-0.15, -0.1) is 11.3 Å². The van der Waals surface area contributed by atoms with E-state index >= 15 is 0 Å². The number of aliphatic hydroxyl groups excluding tert-OH is 1. The molecule has 1 fully saturated rings. The molecule has 7 nitrogen and oxygen atoms in total. The third kappa shape index (κ3) is 4.46. The van der Waals surface area contributed by atoms with Crippen molar-refractivity contribution < 1.29 is 14.6 Å². The van der Waals surface area contributed by atoms with Gasteiger partial charge in [0.2, 0.25) is 5.91 Å². The third-order valence-corrected chi connectivity index (χ3v) is 5.17. The zero-order chi connectivity index (χ0) is 17.8. The molecule has 25 heavy (non-hydrogen) atoms. The second-order valence-corrected chi connectivity index (χ2v) is 7.16. The summed E-state index contributed by atoms with van der Waals surface area (Å²) in [5.74, 6) is 0.790. The summed E-state index contributed by atoms with van der Waals surface area (Å²) < 4.78 is 5.23. The van der Waals surface area contributed by atoms with Crippen LogP contribution in [-0.2, 0) is 11.2 Å². The minimum atomic E-state index is -0.291. The lowest BCUT2D eigenvalue weighted by Gasteiger charge is -2.38. The number of nitrogen functional groups attached to an aromatic ring is 1. The Kier molecular flexibility index (Phi) is 5.50. The van der Waals surface area contributed by atoms with Gasteiger partial charge in [0, 0.05) is 18.0 Å². The lowest BCUT2D eigenvalue weighted by Crippen LogP contribution is -2.41. The van der Waals surface area contributed by atoms with Crippen LogP contribution < -0.4 is 15.8 Å². The number of methoxy groups -OCH3 is 1. The van der Waals surface area contributed by atoms with Gasteiger partial charge in [-0.25, -0.2) is 4.98 Å². The molecule has 1 saturated carbocycles. The molecule has 8 heteroatoms. The van der Waals surface area contributed by atoms with Crippen molar-refractivity contribution in [3.8, 4) is 5.75 Å². The highest BCUT2D eigenvalue weighted by Gasteiger charge is 2.35. The second-order valence-electron chi connectivity index (χ2n) is 6.27. The number of ether oxygens (including phenoxy) is 1. The van der Waals surface area contributed by atoms with Crippen molar-refractivity contribution in [3.63, 3.8) is 0 Å². The number of hydrogen-bond acceptors (Lipinski definition) is 7. The Labute approximate surface area is 150 Å². The number of nitrogens with one attached hydrogen (secondary N) is 1. The molecule has 1 atom stereocenters. The maximum absolute atomic E-state index is 12.4. The quantitative estimate of drug-likeness (QED) is 0.691. The number of hydrogen-bond donors (Lipinski definition) is 3. The normalized spacial score (nSPS) is 20.6. The number of nitrogens with two attached hydrogens (primary N) is 1. The Morgan fingerprint density at radius 3 is 2.96 bits per heavy atom. The molecule has 1 amide bonds. The number of pyridine rings is 1. The zero-order valence-electron chi connectivity index (χ0n) is 14.0. The Balaban J connectivity index is 1.65. The first-order chi connectivity index (χ1) is 12.0. The van der Waals surface area contributed by atoms with E-state index in [4.69, 9.17) is 10.5 Å². The molecule has 1 aliphatic rings. The fraction of sp³-hybridized carbons (Fsp3) is 0.471. The highest BCUT2D eigenvalue weighted by atomic mass is 32.1. The first kappa shape index (κ1) is 17.6. The van der Waals surface area contributed by atoms with E-state index in [9.17, 15) is 9.90 Å². The van der Waals surface area contributed by atoms with Crippen LogP contribution in [0.2, 0.25) is 0 Å². The molecular weight excluding hydrogens is 340 g/mol. The third-order valence-electron chi connectivity index (χ3n) is 4.44. The van der Waals surface area contributed by atoms with Crippen LogP contribution in [0.3, 0.4) is 0 Å². The summed E-state index contributed by atoms with van der Waals surface area (Å²) in [4.78, 5) is 20.8. The highest BCUT2D eigenvalue weighted by molar-refractivity contribution is 7.13. The number of carbonyl (C=O) groups excluding carboxylic acids is 1. The van der Waals surface area contributed by atoms with E-state index in [1.807, 2.05) is 11.4 Å². The van der Waals surface area contributed by atoms with E-state index in [1.165, 1.54) is 11.3 Å². The molecule has 0 bridgehead atoms. The minimum absolute atomic E-state index is 0.0548. The summed E-state index contributed by atoms with van der Waals surface area (Å²) in [5, 5.41) is 15.1. The smallest absolute Gasteiger partial charge is 0.220 e. The van der Waals surface area contributed by atoms with Crippen LogP contribution in [0.15, 0.2) is 23.8 Å². The number of carbonyl (C=O) groups is 1. The molecular formula is C17H22N4O3S. The van der Waals surface area contributed by atoms with Crippen LogP contribution in [0, 0.1) is 5.92 Å². The SMILES string of the molecule is COc1cncc([C@@H](NC(=O)CCc2csc(N)n2)C2CC(O)C2)c1. The zero-order valence-corrected chi connectivity index (χ0v) is 14.8. The van der Waals surface area contributed by atoms with Gasteiger partial charge in [-0.05, 0) is 36.8 Å². The topological polar surface area (TPSA) is 110 Å². The summed E-state index contributed by atoms with van der Waals surface area (Å²) in [6, 6.07) is 1.70. The Hall–Kier alpha value is -2.19. The van der Waals surface area contributed by atoms with Crippen LogP contribution in [0.1, 0.15) is 36.6 Å². The summed E-state index contributed by atoms with van der Waals surface area (Å²) in [6.45, 7) is 0. The number of rotatable bonds is 7. The van der Waals surface area contributed by atoms with Crippen molar-refractivity contribution in [2.24, 2.45) is 5.92 Å². The van der Waals surface area contributed by atoms with E-state index in [1.54, 1.807) is 19.5 Å². The predicted molar refractivity (Wildman–Crippen MR) is 95.3 cm³/mol. The molecule has 0 unspecified atom stereocenters. The molecule has 3 rings (SSSR count). The van der Waals surface area contributed by atoms with E-state index in [-0.39, 0.29) is 24.0 Å². The minimum Gasteiger partial charge on any atom is -0.495 e. The highest BCUT2D eigenvalue weighted by Crippen LogP contribution is 2.38. The molecule has 1 aliphatic carbocycles. The fourth-order valence-electron chi connectivity index (χ4n) is 3.02. The molecule has 4 N–H and O–H groups in total. The monoisotopic (exact) mass is 362 g/mol. The Morgan fingerprint density at radius 2 is 2.32 bits per heavy atom. The van der Waals surface area contributed by atoms with Crippen molar-refractivity contribution in [1.29, 1.82) is 0 Å². The fourth-order valence-corrected chi connectivity index (χ4v) is 3.61. The van der Waals surface area contributed by atoms with Gasteiger partial charge >= 0.3 is 0 Å². The molecule has 0 aliphatic heterocycles. The second kappa shape index (κ2) is 7.79. The Bertz CT molecular complexity index is 730. The van der Waals surface area contributed by atoms with Crippen molar-refractivity contribution in [2.45, 2.75) is 37.8 Å². The van der Waals surface area contributed by atoms with Gasteiger partial charge in [-0.3, -0.25) is 9.78 Å². The largest absolute Gasteiger partial charge is 0.495 e. The van der Waals surface area contributed by atoms with Crippen LogP contribution in [-0.4, -0.2) is 34.2 Å². The molecule has 2 aromatic rings. The summed E-state index contributed by atoms with van der Waals surface area (Å²) in [7, 11) is 1.58. The standard InChI is InChI=1S/C17H22N4O3S/c1-24-14-6-11(7-19-8-14)16(10-4-13(22)5-10)21-15(23)3-2-12-9-25-17(18)20-12/h6-10,13,16,22H,2-5H2,1H3,(H2,18,20)(H,21,23)/t10?,13?,16-/m0/s1. The van der Waals surface area contributed by atoms with Crippen LogP contribution >= 0.6 is 11.3 Å². The lowest BCUT2D eigenvalue weighted by atomic mass is 9.75. The van der Waals surface area contributed by atoms with Gasteiger partial charge in [-0.2, -0.15) is 0 Å². The van der Waals surface area contributed by atoms with Gasteiger partial charge in [0.05, 0.1) is 31.1 Å². The molecule has 2 heterocycles. The van der Waals surface area contributed by atoms with Crippen molar-refractivity contribution >= 4 is 22.4 Å². The average molecular weight is 362 g/mol. The molecule has 0 aromatic carbocycles. The van der Waals surface area contributed by atoms with E-state index in [0.717, 1.165) is 11.3 Å². The number of amides is 1. The van der Waals surface area contributed by atoms with Gasteiger partial charge in [0.25, 0.3) is 0 Å². The first-order valence-electron chi connectivity index (χ1n) is 8.21. The van der Waals surface area contributed by atoms with Gasteiger partial charge in [0.1, 0.15) is 5.75 Å². The van der Waals surface area contributed by atoms with Crippen molar-refractivity contribution in [1.82, 2.24) is 15.3 Å². The summed E-state index contributed by atoms with van der Waals surface area (Å²) >= 11 is 1.37. The number of anilines is 1. The van der Waals surface area contributed by atoms with E-state index in [2.05, 4.69) is 15.3 Å². The summed E-state index contributed by atoms with van der Waals surface area (Å²) in [5.41, 5.74) is 7.33. The number of aliphatic hydroxyl groups is 1. The molecule has 2 aromatic heterocycles. The van der Waals surface area contributed by atoms with Crippen LogP contribution in [0.25, 0.3) is 0 Å². The Morgan fingerprint density at radius 1 is 1.52 bits per heavy atom. The number of thiazole rings is 1. The summed E-state index contributed by atoms with van der Waals surface area (Å²) in [6.07, 6.45) is 5.31. The van der Waals surface area contributed by atoms with Gasteiger partial charge in [-0.1, -0.05) is 0 Å². The van der Waals surface area contributed by atoms with E-state index < -0.39 is 0 Å². The molecule has 0 spiro atoms. The number of aromatic nitrogens is 2. The lowest BCUT2D eigenvalue weighted by molar-refractivity contribution is -0.123.